The molecule has 3 aromatic rings. The molecular formula is C23H22N2O6S. The maximum absolute atomic E-state index is 12.9. The van der Waals surface area contributed by atoms with Gasteiger partial charge in [-0.2, -0.15) is 0 Å². The molecule has 0 bridgehead atoms. The fraction of sp³-hybridized carbons (Fsp3) is 0.174. The van der Waals surface area contributed by atoms with Crippen molar-refractivity contribution in [2.75, 3.05) is 28.7 Å². The van der Waals surface area contributed by atoms with E-state index in [1.165, 1.54) is 6.92 Å². The van der Waals surface area contributed by atoms with Crippen molar-refractivity contribution in [2.24, 2.45) is 0 Å². The smallest absolute Gasteiger partial charge is 0.245 e. The van der Waals surface area contributed by atoms with Crippen LogP contribution >= 0.6 is 0 Å². The Hall–Kier alpha value is -3.72. The van der Waals surface area contributed by atoms with E-state index in [-0.39, 0.29) is 12.5 Å². The number of nitrogens with zero attached hydrogens (tertiary/aromatic N) is 1. The SMILES string of the molecule is CCS(=O)(=O)N(CC(=O)Nc1ccccc1Oc1ccccc1)c1ccc2c(c1)OCO2. The van der Waals surface area contributed by atoms with E-state index in [0.29, 0.717) is 34.4 Å². The van der Waals surface area contributed by atoms with Gasteiger partial charge >= 0.3 is 0 Å². The van der Waals surface area contributed by atoms with E-state index in [0.717, 1.165) is 4.31 Å². The number of amides is 1. The van der Waals surface area contributed by atoms with Crippen molar-refractivity contribution in [3.05, 3.63) is 72.8 Å². The molecule has 166 valence electrons. The Kier molecular flexibility index (Phi) is 6.18. The van der Waals surface area contributed by atoms with Crippen molar-refractivity contribution < 1.29 is 27.4 Å². The minimum absolute atomic E-state index is 0.0675. The van der Waals surface area contributed by atoms with E-state index in [9.17, 15) is 13.2 Å². The Morgan fingerprint density at radius 1 is 1.00 bits per heavy atom. The molecule has 3 aromatic carbocycles. The topological polar surface area (TPSA) is 94.2 Å². The maximum atomic E-state index is 12.9. The summed E-state index contributed by atoms with van der Waals surface area (Å²) in [6.07, 6.45) is 0. The van der Waals surface area contributed by atoms with Crippen LogP contribution < -0.4 is 23.8 Å². The Labute approximate surface area is 186 Å². The molecule has 9 heteroatoms. The summed E-state index contributed by atoms with van der Waals surface area (Å²) >= 11 is 0. The zero-order valence-electron chi connectivity index (χ0n) is 17.4. The lowest BCUT2D eigenvalue weighted by Crippen LogP contribution is -2.39. The predicted octanol–water partition coefficient (Wildman–Crippen LogP) is 4.00. The van der Waals surface area contributed by atoms with Gasteiger partial charge in [-0.3, -0.25) is 9.10 Å². The Morgan fingerprint density at radius 2 is 1.72 bits per heavy atom. The van der Waals surface area contributed by atoms with Gasteiger partial charge in [-0.1, -0.05) is 30.3 Å². The van der Waals surface area contributed by atoms with Gasteiger partial charge in [0.15, 0.2) is 17.2 Å². The van der Waals surface area contributed by atoms with E-state index >= 15 is 0 Å². The third kappa shape index (κ3) is 4.78. The zero-order chi connectivity index (χ0) is 22.6. The largest absolute Gasteiger partial charge is 0.455 e. The van der Waals surface area contributed by atoms with E-state index < -0.39 is 22.5 Å². The van der Waals surface area contributed by atoms with Gasteiger partial charge in [0.05, 0.1) is 17.1 Å². The summed E-state index contributed by atoms with van der Waals surface area (Å²) in [6.45, 7) is 1.18. The quantitative estimate of drug-likeness (QED) is 0.553. The zero-order valence-corrected chi connectivity index (χ0v) is 18.2. The summed E-state index contributed by atoms with van der Waals surface area (Å²) in [4.78, 5) is 12.9. The molecule has 0 spiro atoms. The third-order valence-corrected chi connectivity index (χ3v) is 6.51. The standard InChI is InChI=1S/C23H22N2O6S/c1-2-32(27,28)25(17-12-13-21-22(14-17)30-16-29-21)15-23(26)24-19-10-6-7-11-20(19)31-18-8-4-3-5-9-18/h3-14H,2,15-16H2,1H3,(H,24,26). The normalized spacial score (nSPS) is 12.3. The van der Waals surface area contributed by atoms with Gasteiger partial charge in [-0.15, -0.1) is 0 Å². The van der Waals surface area contributed by atoms with Gasteiger partial charge < -0.3 is 19.5 Å². The highest BCUT2D eigenvalue weighted by Gasteiger charge is 2.26. The van der Waals surface area contributed by atoms with Crippen molar-refractivity contribution in [3.8, 4) is 23.0 Å². The number of sulfonamides is 1. The second-order valence-electron chi connectivity index (χ2n) is 6.90. The average Bonchev–Trinajstić information content (AvgIpc) is 3.27. The Morgan fingerprint density at radius 3 is 2.50 bits per heavy atom. The summed E-state index contributed by atoms with van der Waals surface area (Å²) in [5.41, 5.74) is 0.751. The van der Waals surface area contributed by atoms with E-state index in [1.54, 1.807) is 54.6 Å². The number of para-hydroxylation sites is 3. The molecule has 1 heterocycles. The predicted molar refractivity (Wildman–Crippen MR) is 121 cm³/mol. The van der Waals surface area contributed by atoms with Crippen molar-refractivity contribution >= 4 is 27.3 Å². The fourth-order valence-corrected chi connectivity index (χ4v) is 4.20. The number of anilines is 2. The van der Waals surface area contributed by atoms with Crippen LogP contribution in [-0.4, -0.2) is 33.4 Å². The summed E-state index contributed by atoms with van der Waals surface area (Å²) in [7, 11) is -3.73. The van der Waals surface area contributed by atoms with Gasteiger partial charge in [-0.25, -0.2) is 8.42 Å². The van der Waals surface area contributed by atoms with Crippen molar-refractivity contribution in [3.63, 3.8) is 0 Å². The van der Waals surface area contributed by atoms with Crippen LogP contribution in [0.4, 0.5) is 11.4 Å². The summed E-state index contributed by atoms with van der Waals surface area (Å²) < 4.78 is 43.0. The van der Waals surface area contributed by atoms with Crippen LogP contribution in [0.2, 0.25) is 0 Å². The molecule has 0 atom stereocenters. The maximum Gasteiger partial charge on any atom is 0.245 e. The first-order valence-corrected chi connectivity index (χ1v) is 11.6. The number of hydrogen-bond acceptors (Lipinski definition) is 6. The van der Waals surface area contributed by atoms with E-state index in [4.69, 9.17) is 14.2 Å². The minimum atomic E-state index is -3.73. The Balaban J connectivity index is 1.55. The fourth-order valence-electron chi connectivity index (χ4n) is 3.14. The lowest BCUT2D eigenvalue weighted by molar-refractivity contribution is -0.114. The van der Waals surface area contributed by atoms with E-state index in [1.807, 2.05) is 18.2 Å². The molecule has 1 aliphatic heterocycles. The van der Waals surface area contributed by atoms with Crippen LogP contribution in [0, 0.1) is 0 Å². The van der Waals surface area contributed by atoms with Crippen LogP contribution in [0.1, 0.15) is 6.92 Å². The highest BCUT2D eigenvalue weighted by Crippen LogP contribution is 2.36. The first-order chi connectivity index (χ1) is 15.5. The van der Waals surface area contributed by atoms with Crippen molar-refractivity contribution in [2.45, 2.75) is 6.92 Å². The summed E-state index contributed by atoms with van der Waals surface area (Å²) in [5, 5.41) is 2.75. The molecular weight excluding hydrogens is 432 g/mol. The first-order valence-electron chi connectivity index (χ1n) is 9.98. The molecule has 0 radical (unpaired) electrons. The van der Waals surface area contributed by atoms with Crippen LogP contribution in [0.3, 0.4) is 0 Å². The molecule has 1 aliphatic rings. The first kappa shape index (κ1) is 21.5. The van der Waals surface area contributed by atoms with Crippen LogP contribution in [0.5, 0.6) is 23.0 Å². The highest BCUT2D eigenvalue weighted by molar-refractivity contribution is 7.92. The van der Waals surface area contributed by atoms with Gasteiger partial charge in [-0.05, 0) is 43.3 Å². The Bertz CT molecular complexity index is 1210. The van der Waals surface area contributed by atoms with Gasteiger partial charge in [0.2, 0.25) is 22.7 Å². The van der Waals surface area contributed by atoms with Crippen LogP contribution in [0.15, 0.2) is 72.8 Å². The molecule has 0 fully saturated rings. The number of nitrogens with one attached hydrogen (secondary N) is 1. The van der Waals surface area contributed by atoms with Crippen LogP contribution in [0.25, 0.3) is 0 Å². The number of benzene rings is 3. The number of fused-ring (bicyclic) bond motifs is 1. The lowest BCUT2D eigenvalue weighted by atomic mass is 10.2. The molecule has 1 N–H and O–H groups in total. The second kappa shape index (κ2) is 9.19. The lowest BCUT2D eigenvalue weighted by Gasteiger charge is -2.23. The monoisotopic (exact) mass is 454 g/mol. The average molecular weight is 455 g/mol. The summed E-state index contributed by atoms with van der Waals surface area (Å²) in [6, 6.07) is 20.9. The van der Waals surface area contributed by atoms with Gasteiger partial charge in [0.1, 0.15) is 12.3 Å². The molecule has 1 amide bonds. The molecule has 0 aliphatic carbocycles. The van der Waals surface area contributed by atoms with Gasteiger partial charge in [0, 0.05) is 6.07 Å². The number of carbonyl (C=O) groups is 1. The van der Waals surface area contributed by atoms with Crippen molar-refractivity contribution in [1.29, 1.82) is 0 Å². The number of ether oxygens (including phenoxy) is 3. The molecule has 32 heavy (non-hydrogen) atoms. The minimum Gasteiger partial charge on any atom is -0.455 e. The molecule has 4 rings (SSSR count). The number of hydrogen-bond donors (Lipinski definition) is 1. The molecule has 0 unspecified atom stereocenters. The molecule has 0 aromatic heterocycles. The second-order valence-corrected chi connectivity index (χ2v) is 9.09. The molecule has 8 nitrogen and oxygen atoms in total. The van der Waals surface area contributed by atoms with Crippen molar-refractivity contribution in [1.82, 2.24) is 0 Å². The third-order valence-electron chi connectivity index (χ3n) is 4.76. The highest BCUT2D eigenvalue weighted by atomic mass is 32.2. The summed E-state index contributed by atoms with van der Waals surface area (Å²) in [5.74, 6) is 1.34. The van der Waals surface area contributed by atoms with E-state index in [2.05, 4.69) is 5.32 Å². The molecule has 0 saturated carbocycles. The number of carbonyl (C=O) groups excluding carboxylic acids is 1. The number of rotatable bonds is 8. The molecule has 0 saturated heterocycles. The van der Waals surface area contributed by atoms with Gasteiger partial charge in [0.25, 0.3) is 0 Å². The van der Waals surface area contributed by atoms with Crippen LogP contribution in [-0.2, 0) is 14.8 Å².